The van der Waals surface area contributed by atoms with Crippen LogP contribution in [0.3, 0.4) is 0 Å². The van der Waals surface area contributed by atoms with E-state index in [1.165, 1.54) is 21.9 Å². The number of benzene rings is 6. The summed E-state index contributed by atoms with van der Waals surface area (Å²) in [7, 11) is 0. The van der Waals surface area contributed by atoms with E-state index in [1.807, 2.05) is 24.5 Å². The summed E-state index contributed by atoms with van der Waals surface area (Å²) in [6, 6.07) is 40.2. The van der Waals surface area contributed by atoms with E-state index in [0.29, 0.717) is 0 Å². The first-order chi connectivity index (χ1) is 17.4. The number of ether oxygens (including phenoxy) is 1. The van der Waals surface area contributed by atoms with Crippen molar-refractivity contribution in [2.75, 3.05) is 0 Å². The average Bonchev–Trinajstić information content (AvgIpc) is 2.93. The summed E-state index contributed by atoms with van der Waals surface area (Å²) in [5.74, 6) is 1.71. The largest absolute Gasteiger partial charge is 0.455 e. The normalized spacial score (nSPS) is 11.4. The van der Waals surface area contributed by atoms with Crippen LogP contribution in [0, 0.1) is 0 Å². The number of nitrogens with zero attached hydrogens (tertiary/aromatic N) is 1. The minimum Gasteiger partial charge on any atom is -0.455 e. The topological polar surface area (TPSA) is 22.1 Å². The van der Waals surface area contributed by atoms with Crippen LogP contribution in [-0.4, -0.2) is 4.98 Å². The highest BCUT2D eigenvalue weighted by Gasteiger charge is 2.18. The molecule has 0 N–H and O–H groups in total. The number of fused-ring (bicyclic) bond motifs is 4. The number of rotatable bonds is 3. The zero-order valence-corrected chi connectivity index (χ0v) is 19.0. The summed E-state index contributed by atoms with van der Waals surface area (Å²) in [6.45, 7) is 0. The molecule has 7 aromatic rings. The Morgan fingerprint density at radius 1 is 0.457 bits per heavy atom. The van der Waals surface area contributed by atoms with Gasteiger partial charge in [0.05, 0.1) is 0 Å². The smallest absolute Gasteiger partial charge is 0.143 e. The summed E-state index contributed by atoms with van der Waals surface area (Å²) >= 11 is 0. The molecule has 2 heteroatoms. The molecule has 0 aliphatic rings. The van der Waals surface area contributed by atoms with Crippen molar-refractivity contribution in [1.29, 1.82) is 0 Å². The summed E-state index contributed by atoms with van der Waals surface area (Å²) in [5.41, 5.74) is 2.39. The molecule has 1 aromatic heterocycles. The number of aromatic nitrogens is 1. The lowest BCUT2D eigenvalue weighted by atomic mass is 9.89. The second-order valence-corrected chi connectivity index (χ2v) is 8.78. The van der Waals surface area contributed by atoms with Crippen LogP contribution >= 0.6 is 0 Å². The second-order valence-electron chi connectivity index (χ2n) is 8.78. The van der Waals surface area contributed by atoms with E-state index < -0.39 is 0 Å². The predicted octanol–water partition coefficient (Wildman–Crippen LogP) is 9.15. The van der Waals surface area contributed by atoms with Crippen LogP contribution in [0.1, 0.15) is 0 Å². The third kappa shape index (κ3) is 3.15. The molecule has 0 amide bonds. The van der Waals surface area contributed by atoms with Crippen LogP contribution in [0.15, 0.2) is 128 Å². The molecular formula is C33H21NO. The molecule has 0 saturated carbocycles. The van der Waals surface area contributed by atoms with Gasteiger partial charge in [-0.2, -0.15) is 0 Å². The summed E-state index contributed by atoms with van der Waals surface area (Å²) in [4.78, 5) is 4.53. The molecular weight excluding hydrogens is 426 g/mol. The van der Waals surface area contributed by atoms with Gasteiger partial charge in [0.2, 0.25) is 0 Å². The van der Waals surface area contributed by atoms with Gasteiger partial charge in [0.15, 0.2) is 0 Å². The lowest BCUT2D eigenvalue weighted by Gasteiger charge is -2.19. The van der Waals surface area contributed by atoms with E-state index in [2.05, 4.69) is 108 Å². The van der Waals surface area contributed by atoms with E-state index in [4.69, 9.17) is 4.74 Å². The quantitative estimate of drug-likeness (QED) is 0.252. The minimum absolute atomic E-state index is 0.851. The van der Waals surface area contributed by atoms with Crippen molar-refractivity contribution in [3.05, 3.63) is 128 Å². The van der Waals surface area contributed by atoms with Crippen LogP contribution in [0.5, 0.6) is 11.5 Å². The summed E-state index contributed by atoms with van der Waals surface area (Å²) in [6.07, 6.45) is 3.81. The molecule has 35 heavy (non-hydrogen) atoms. The maximum absolute atomic E-state index is 6.77. The van der Waals surface area contributed by atoms with Crippen LogP contribution in [0.4, 0.5) is 0 Å². The van der Waals surface area contributed by atoms with E-state index in [-0.39, 0.29) is 0 Å². The zero-order valence-electron chi connectivity index (χ0n) is 19.0. The van der Waals surface area contributed by atoms with Crippen LogP contribution in [0.25, 0.3) is 54.2 Å². The highest BCUT2D eigenvalue weighted by molar-refractivity contribution is 6.19. The molecule has 0 fully saturated rings. The predicted molar refractivity (Wildman–Crippen MR) is 146 cm³/mol. The van der Waals surface area contributed by atoms with Crippen LogP contribution in [-0.2, 0) is 0 Å². The number of pyridine rings is 1. The molecule has 0 atom stereocenters. The fourth-order valence-electron chi connectivity index (χ4n) is 5.22. The van der Waals surface area contributed by atoms with Crippen molar-refractivity contribution in [2.45, 2.75) is 0 Å². The van der Waals surface area contributed by atoms with Gasteiger partial charge in [-0.3, -0.25) is 4.98 Å². The second kappa shape index (κ2) is 7.96. The Balaban J connectivity index is 1.58. The van der Waals surface area contributed by atoms with E-state index in [9.17, 15) is 0 Å². The summed E-state index contributed by atoms with van der Waals surface area (Å²) < 4.78 is 6.77. The average molecular weight is 448 g/mol. The Kier molecular flexibility index (Phi) is 4.49. The molecule has 164 valence electrons. The van der Waals surface area contributed by atoms with Crippen molar-refractivity contribution in [3.8, 4) is 22.6 Å². The van der Waals surface area contributed by atoms with Gasteiger partial charge in [-0.25, -0.2) is 0 Å². The van der Waals surface area contributed by atoms with Crippen molar-refractivity contribution in [3.63, 3.8) is 0 Å². The molecule has 0 aliphatic heterocycles. The van der Waals surface area contributed by atoms with Gasteiger partial charge in [0.1, 0.15) is 11.5 Å². The molecule has 0 radical (unpaired) electrons. The SMILES string of the molecule is c1ccc2c(Oc3c4ccccc4c(-c4cccc5ccccc45)c4cnccc34)cccc2c1. The molecule has 0 unspecified atom stereocenters. The van der Waals surface area contributed by atoms with E-state index in [0.717, 1.165) is 43.8 Å². The molecule has 7 rings (SSSR count). The standard InChI is InChI=1S/C33H21NO/c1-3-13-24-22(9-1)11-7-17-26(24)32-27-15-5-6-16-28(27)33(29-19-20-34-21-30(29)32)35-31-18-8-12-23-10-2-4-14-25(23)31/h1-21H. The van der Waals surface area contributed by atoms with Gasteiger partial charge in [0.25, 0.3) is 0 Å². The first-order valence-electron chi connectivity index (χ1n) is 11.8. The Hall–Kier alpha value is -4.69. The van der Waals surface area contributed by atoms with Crippen molar-refractivity contribution in [1.82, 2.24) is 4.98 Å². The fraction of sp³-hybridized carbons (Fsp3) is 0. The lowest BCUT2D eigenvalue weighted by molar-refractivity contribution is 0.499. The first kappa shape index (κ1) is 19.7. The Bertz CT molecular complexity index is 1820. The Morgan fingerprint density at radius 2 is 1.06 bits per heavy atom. The van der Waals surface area contributed by atoms with Crippen LogP contribution < -0.4 is 4.74 Å². The Labute approximate surface area is 203 Å². The first-order valence-corrected chi connectivity index (χ1v) is 11.8. The van der Waals surface area contributed by atoms with Crippen molar-refractivity contribution < 1.29 is 4.74 Å². The van der Waals surface area contributed by atoms with Gasteiger partial charge in [-0.15, -0.1) is 0 Å². The van der Waals surface area contributed by atoms with Gasteiger partial charge in [0, 0.05) is 33.9 Å². The molecule has 1 heterocycles. The highest BCUT2D eigenvalue weighted by Crippen LogP contribution is 2.46. The monoisotopic (exact) mass is 447 g/mol. The van der Waals surface area contributed by atoms with Crippen molar-refractivity contribution >= 4 is 43.1 Å². The molecule has 0 spiro atoms. The van der Waals surface area contributed by atoms with Gasteiger partial charge < -0.3 is 4.74 Å². The summed E-state index contributed by atoms with van der Waals surface area (Å²) in [5, 5.41) is 9.08. The molecule has 0 saturated heterocycles. The molecule has 6 aromatic carbocycles. The number of hydrogen-bond acceptors (Lipinski definition) is 2. The molecule has 0 bridgehead atoms. The van der Waals surface area contributed by atoms with E-state index >= 15 is 0 Å². The molecule has 0 aliphatic carbocycles. The lowest BCUT2D eigenvalue weighted by Crippen LogP contribution is -1.94. The Morgan fingerprint density at radius 3 is 1.89 bits per heavy atom. The van der Waals surface area contributed by atoms with Gasteiger partial charge in [-0.05, 0) is 44.8 Å². The third-order valence-corrected chi connectivity index (χ3v) is 6.80. The zero-order chi connectivity index (χ0) is 23.2. The minimum atomic E-state index is 0.851. The van der Waals surface area contributed by atoms with Crippen LogP contribution in [0.2, 0.25) is 0 Å². The number of hydrogen-bond donors (Lipinski definition) is 0. The van der Waals surface area contributed by atoms with Gasteiger partial charge >= 0.3 is 0 Å². The van der Waals surface area contributed by atoms with Crippen molar-refractivity contribution in [2.24, 2.45) is 0 Å². The maximum atomic E-state index is 6.77. The fourth-order valence-corrected chi connectivity index (χ4v) is 5.22. The van der Waals surface area contributed by atoms with Gasteiger partial charge in [-0.1, -0.05) is 103 Å². The highest BCUT2D eigenvalue weighted by atomic mass is 16.5. The maximum Gasteiger partial charge on any atom is 0.143 e. The van der Waals surface area contributed by atoms with E-state index in [1.54, 1.807) is 0 Å². The molecule has 2 nitrogen and oxygen atoms in total. The third-order valence-electron chi connectivity index (χ3n) is 6.80.